The second kappa shape index (κ2) is 8.68. The van der Waals surface area contributed by atoms with E-state index < -0.39 is 10.0 Å². The van der Waals surface area contributed by atoms with Crippen LogP contribution in [0.25, 0.3) is 11.4 Å². The van der Waals surface area contributed by atoms with Crippen molar-refractivity contribution in [2.45, 2.75) is 43.4 Å². The third-order valence-electron chi connectivity index (χ3n) is 6.17. The van der Waals surface area contributed by atoms with E-state index in [1.807, 2.05) is 6.07 Å². The molecule has 1 aliphatic carbocycles. The van der Waals surface area contributed by atoms with Crippen LogP contribution in [0.5, 0.6) is 0 Å². The molecule has 10 heteroatoms. The van der Waals surface area contributed by atoms with Gasteiger partial charge in [0.15, 0.2) is 0 Å². The van der Waals surface area contributed by atoms with Crippen molar-refractivity contribution in [1.29, 1.82) is 0 Å². The number of hydrogen-bond acceptors (Lipinski definition) is 7. The highest BCUT2D eigenvalue weighted by atomic mass is 32.2. The first-order chi connectivity index (χ1) is 15.9. The minimum Gasteiger partial charge on any atom is -0.339 e. The van der Waals surface area contributed by atoms with Gasteiger partial charge < -0.3 is 9.84 Å². The first-order valence-electron chi connectivity index (χ1n) is 11.1. The lowest BCUT2D eigenvalue weighted by Crippen LogP contribution is -2.41. The molecule has 1 aliphatic heterocycles. The number of nitrogens with zero attached hydrogens (tertiary/aromatic N) is 4. The maximum absolute atomic E-state index is 13.4. The summed E-state index contributed by atoms with van der Waals surface area (Å²) in [6, 6.07) is 10.5. The third kappa shape index (κ3) is 4.53. The van der Waals surface area contributed by atoms with Crippen molar-refractivity contribution >= 4 is 21.7 Å². The van der Waals surface area contributed by atoms with Crippen LogP contribution < -0.4 is 5.32 Å². The summed E-state index contributed by atoms with van der Waals surface area (Å²) in [6.45, 7) is 2.33. The van der Waals surface area contributed by atoms with E-state index in [1.165, 1.54) is 4.31 Å². The van der Waals surface area contributed by atoms with Crippen LogP contribution in [0.4, 0.5) is 5.82 Å². The number of aryl methyl sites for hydroxylation is 1. The fraction of sp³-hybridized carbons (Fsp3) is 0.391. The highest BCUT2D eigenvalue weighted by molar-refractivity contribution is 7.89. The van der Waals surface area contributed by atoms with Gasteiger partial charge in [-0.25, -0.2) is 13.4 Å². The number of benzene rings is 1. The molecule has 0 radical (unpaired) electrons. The van der Waals surface area contributed by atoms with Crippen LogP contribution in [0, 0.1) is 12.8 Å². The number of hydrogen-bond donors (Lipinski definition) is 1. The predicted octanol–water partition coefficient (Wildman–Crippen LogP) is 3.36. The Morgan fingerprint density at radius 1 is 1.12 bits per heavy atom. The van der Waals surface area contributed by atoms with Gasteiger partial charge in [-0.1, -0.05) is 23.4 Å². The second-order valence-electron chi connectivity index (χ2n) is 8.59. The minimum atomic E-state index is -3.73. The number of nitrogens with one attached hydrogen (secondary N) is 1. The summed E-state index contributed by atoms with van der Waals surface area (Å²) in [5, 5.41) is 6.84. The summed E-state index contributed by atoms with van der Waals surface area (Å²) in [7, 11) is -3.73. The van der Waals surface area contributed by atoms with Crippen molar-refractivity contribution in [3.8, 4) is 11.4 Å². The fourth-order valence-corrected chi connectivity index (χ4v) is 5.75. The van der Waals surface area contributed by atoms with Crippen molar-refractivity contribution in [3.63, 3.8) is 0 Å². The number of aromatic nitrogens is 3. The molecule has 0 bridgehead atoms. The summed E-state index contributed by atoms with van der Waals surface area (Å²) in [6.07, 6.45) is 4.61. The van der Waals surface area contributed by atoms with E-state index in [0.29, 0.717) is 47.4 Å². The van der Waals surface area contributed by atoms with Crippen LogP contribution in [-0.2, 0) is 14.8 Å². The first-order valence-corrected chi connectivity index (χ1v) is 12.5. The summed E-state index contributed by atoms with van der Waals surface area (Å²) in [4.78, 5) is 21.3. The van der Waals surface area contributed by atoms with Gasteiger partial charge in [0.1, 0.15) is 5.82 Å². The van der Waals surface area contributed by atoms with Crippen LogP contribution in [0.1, 0.15) is 43.1 Å². The van der Waals surface area contributed by atoms with E-state index in [0.717, 1.165) is 12.8 Å². The number of piperidine rings is 1. The zero-order valence-corrected chi connectivity index (χ0v) is 19.1. The van der Waals surface area contributed by atoms with Crippen molar-refractivity contribution in [3.05, 3.63) is 54.0 Å². The second-order valence-corrected chi connectivity index (χ2v) is 10.5. The lowest BCUT2D eigenvalue weighted by atomic mass is 9.97. The molecule has 1 saturated carbocycles. The average Bonchev–Trinajstić information content (AvgIpc) is 3.56. The van der Waals surface area contributed by atoms with Gasteiger partial charge in [0.05, 0.1) is 4.90 Å². The van der Waals surface area contributed by atoms with E-state index in [1.54, 1.807) is 43.5 Å². The summed E-state index contributed by atoms with van der Waals surface area (Å²) in [5.74, 6) is 1.45. The Bertz CT molecular complexity index is 1260. The zero-order chi connectivity index (χ0) is 23.0. The maximum Gasteiger partial charge on any atom is 0.243 e. The molecule has 0 spiro atoms. The molecule has 3 heterocycles. The van der Waals surface area contributed by atoms with Crippen molar-refractivity contribution in [2.24, 2.45) is 5.92 Å². The van der Waals surface area contributed by atoms with Crippen LogP contribution in [0.2, 0.25) is 0 Å². The Labute approximate surface area is 192 Å². The molecular formula is C23H25N5O4S. The number of amides is 1. The number of sulfonamides is 1. The topological polar surface area (TPSA) is 118 Å². The van der Waals surface area contributed by atoms with Crippen LogP contribution in [0.15, 0.2) is 52.0 Å². The number of carbonyl (C=O) groups excluding carboxylic acids is 1. The summed E-state index contributed by atoms with van der Waals surface area (Å²) >= 11 is 0. The Hall–Kier alpha value is -3.11. The standard InChI is InChI=1S/C23H25N5O4S/c1-15-5-6-18(21-26-23(32-27-21)17-7-8-17)14-19(15)33(30,31)28-12-9-16(10-13-28)22(29)25-20-4-2-3-11-24-20/h2-6,11,14,16-17H,7-10,12-13H2,1H3,(H,24,25,29). The molecule has 1 aromatic carbocycles. The molecule has 3 aromatic rings. The predicted molar refractivity (Wildman–Crippen MR) is 121 cm³/mol. The SMILES string of the molecule is Cc1ccc(-c2noc(C3CC3)n2)cc1S(=O)(=O)N1CCC(C(=O)Nc2ccccn2)CC1. The molecule has 0 unspecified atom stereocenters. The summed E-state index contributed by atoms with van der Waals surface area (Å²) < 4.78 is 33.6. The Balaban J connectivity index is 1.29. The molecule has 172 valence electrons. The molecular weight excluding hydrogens is 442 g/mol. The minimum absolute atomic E-state index is 0.132. The number of pyridine rings is 1. The quantitative estimate of drug-likeness (QED) is 0.590. The largest absolute Gasteiger partial charge is 0.339 e. The molecule has 2 aromatic heterocycles. The van der Waals surface area contributed by atoms with Gasteiger partial charge >= 0.3 is 0 Å². The molecule has 5 rings (SSSR count). The van der Waals surface area contributed by atoms with E-state index in [9.17, 15) is 13.2 Å². The Kier molecular flexibility index (Phi) is 5.71. The molecule has 33 heavy (non-hydrogen) atoms. The monoisotopic (exact) mass is 467 g/mol. The third-order valence-corrected chi connectivity index (χ3v) is 8.21. The average molecular weight is 468 g/mol. The van der Waals surface area contributed by atoms with Crippen LogP contribution in [0.3, 0.4) is 0 Å². The smallest absolute Gasteiger partial charge is 0.243 e. The normalized spacial score (nSPS) is 17.7. The van der Waals surface area contributed by atoms with Crippen molar-refractivity contribution in [1.82, 2.24) is 19.4 Å². The van der Waals surface area contributed by atoms with Gasteiger partial charge in [-0.05, 0) is 56.4 Å². The van der Waals surface area contributed by atoms with E-state index >= 15 is 0 Å². The number of carbonyl (C=O) groups is 1. The molecule has 0 atom stereocenters. The molecule has 9 nitrogen and oxygen atoms in total. The van der Waals surface area contributed by atoms with E-state index in [-0.39, 0.29) is 29.8 Å². The highest BCUT2D eigenvalue weighted by Gasteiger charge is 2.34. The molecule has 2 aliphatic rings. The zero-order valence-electron chi connectivity index (χ0n) is 18.3. The van der Waals surface area contributed by atoms with E-state index in [4.69, 9.17) is 4.52 Å². The lowest BCUT2D eigenvalue weighted by molar-refractivity contribution is -0.120. The molecule has 1 saturated heterocycles. The molecule has 2 fully saturated rings. The number of rotatable bonds is 6. The van der Waals surface area contributed by atoms with Crippen molar-refractivity contribution in [2.75, 3.05) is 18.4 Å². The van der Waals surface area contributed by atoms with Gasteiger partial charge in [-0.15, -0.1) is 0 Å². The summed E-state index contributed by atoms with van der Waals surface area (Å²) in [5.41, 5.74) is 1.26. The van der Waals surface area contributed by atoms with Crippen LogP contribution in [-0.4, -0.2) is 46.8 Å². The van der Waals surface area contributed by atoms with Crippen molar-refractivity contribution < 1.29 is 17.7 Å². The van der Waals surface area contributed by atoms with Gasteiger partial charge in [0, 0.05) is 36.7 Å². The Morgan fingerprint density at radius 2 is 1.91 bits per heavy atom. The van der Waals surface area contributed by atoms with Gasteiger partial charge in [-0.3, -0.25) is 4.79 Å². The number of anilines is 1. The lowest BCUT2D eigenvalue weighted by Gasteiger charge is -2.31. The van der Waals surface area contributed by atoms with E-state index in [2.05, 4.69) is 20.4 Å². The fourth-order valence-electron chi connectivity index (χ4n) is 4.03. The first kappa shape index (κ1) is 21.7. The molecule has 1 amide bonds. The van der Waals surface area contributed by atoms with Crippen LogP contribution >= 0.6 is 0 Å². The molecule has 1 N–H and O–H groups in total. The highest BCUT2D eigenvalue weighted by Crippen LogP contribution is 2.39. The van der Waals surface area contributed by atoms with Gasteiger partial charge in [0.25, 0.3) is 0 Å². The van der Waals surface area contributed by atoms with Gasteiger partial charge in [0.2, 0.25) is 27.6 Å². The van der Waals surface area contributed by atoms with Gasteiger partial charge in [-0.2, -0.15) is 9.29 Å². The maximum atomic E-state index is 13.4. The Morgan fingerprint density at radius 3 is 2.61 bits per heavy atom.